The van der Waals surface area contributed by atoms with E-state index in [-0.39, 0.29) is 6.61 Å². The maximum Gasteiger partial charge on any atom is 0.248 e. The molecule has 0 unspecified atom stereocenters. The number of hydrogen-bond acceptors (Lipinski definition) is 6. The minimum Gasteiger partial charge on any atom is -0.485 e. The van der Waals surface area contributed by atoms with Crippen LogP contribution in [0.4, 0.5) is 5.69 Å². The molecule has 0 saturated carbocycles. The molecule has 128 valence electrons. The third-order valence-corrected chi connectivity index (χ3v) is 3.67. The highest BCUT2D eigenvalue weighted by Gasteiger charge is 2.06. The average molecular weight is 338 g/mol. The molecule has 3 N–H and O–H groups in total. The summed E-state index contributed by atoms with van der Waals surface area (Å²) in [6.45, 7) is 0.947. The van der Waals surface area contributed by atoms with Gasteiger partial charge in [-0.1, -0.05) is 23.4 Å². The molecular weight excluding hydrogens is 320 g/mol. The molecule has 1 amide bonds. The fraction of sp³-hybridized carbons (Fsp3) is 0.176. The molecule has 0 atom stereocenters. The van der Waals surface area contributed by atoms with E-state index in [4.69, 9.17) is 10.5 Å². The van der Waals surface area contributed by atoms with Crippen LogP contribution in [0.25, 0.3) is 0 Å². The maximum absolute atomic E-state index is 11.3. The number of hydrogen-bond donors (Lipinski definition) is 2. The Kier molecular flexibility index (Phi) is 4.89. The van der Waals surface area contributed by atoms with Gasteiger partial charge in [0.1, 0.15) is 5.75 Å². The van der Waals surface area contributed by atoms with Gasteiger partial charge in [0, 0.05) is 24.8 Å². The van der Waals surface area contributed by atoms with Gasteiger partial charge >= 0.3 is 0 Å². The number of aromatic nitrogens is 4. The van der Waals surface area contributed by atoms with Crippen LogP contribution in [-0.4, -0.2) is 33.6 Å². The van der Waals surface area contributed by atoms with E-state index >= 15 is 0 Å². The minimum absolute atomic E-state index is 0.260. The number of nitrogens with one attached hydrogen (secondary N) is 1. The Morgan fingerprint density at radius 1 is 1.24 bits per heavy atom. The molecular formula is C17H18N6O2. The van der Waals surface area contributed by atoms with Crippen LogP contribution in [0.3, 0.4) is 0 Å². The molecule has 0 fully saturated rings. The summed E-state index contributed by atoms with van der Waals surface area (Å²) >= 11 is 0. The van der Waals surface area contributed by atoms with Crippen molar-refractivity contribution in [3.8, 4) is 5.75 Å². The predicted octanol–water partition coefficient (Wildman–Crippen LogP) is 1.51. The minimum atomic E-state index is -0.432. The number of amides is 1. The summed E-state index contributed by atoms with van der Waals surface area (Å²) in [7, 11) is 1.96. The van der Waals surface area contributed by atoms with Gasteiger partial charge in [0.05, 0.1) is 0 Å². The number of carbonyl (C=O) groups is 1. The van der Waals surface area contributed by atoms with Crippen molar-refractivity contribution in [3.05, 3.63) is 65.5 Å². The lowest BCUT2D eigenvalue weighted by atomic mass is 10.1. The summed E-state index contributed by atoms with van der Waals surface area (Å²) in [6, 6.07) is 15.0. The first-order valence-electron chi connectivity index (χ1n) is 7.67. The summed E-state index contributed by atoms with van der Waals surface area (Å²) in [5.41, 5.74) is 7.86. The van der Waals surface area contributed by atoms with Gasteiger partial charge in [0.15, 0.2) is 6.61 Å². The zero-order valence-electron chi connectivity index (χ0n) is 13.7. The average Bonchev–Trinajstić information content (AvgIpc) is 3.15. The number of ether oxygens (including phenoxy) is 1. The van der Waals surface area contributed by atoms with E-state index in [1.165, 1.54) is 0 Å². The van der Waals surface area contributed by atoms with Gasteiger partial charge in [-0.3, -0.25) is 4.79 Å². The van der Waals surface area contributed by atoms with Gasteiger partial charge in [0.25, 0.3) is 0 Å². The zero-order chi connectivity index (χ0) is 17.6. The Morgan fingerprint density at radius 3 is 2.72 bits per heavy atom. The summed E-state index contributed by atoms with van der Waals surface area (Å²) in [5.74, 6) is 0.795. The number of primary amides is 1. The summed E-state index contributed by atoms with van der Waals surface area (Å²) in [5, 5.41) is 13.5. The van der Waals surface area contributed by atoms with E-state index in [1.54, 1.807) is 12.1 Å². The Balaban J connectivity index is 1.60. The van der Waals surface area contributed by atoms with Crippen molar-refractivity contribution in [2.75, 3.05) is 11.9 Å². The van der Waals surface area contributed by atoms with Crippen LogP contribution in [0.1, 0.15) is 21.7 Å². The normalized spacial score (nSPS) is 10.4. The molecule has 0 aliphatic rings. The predicted molar refractivity (Wildman–Crippen MR) is 92.0 cm³/mol. The van der Waals surface area contributed by atoms with Crippen molar-refractivity contribution in [1.29, 1.82) is 0 Å². The number of benzene rings is 2. The molecule has 8 heteroatoms. The van der Waals surface area contributed by atoms with Crippen LogP contribution in [0.5, 0.6) is 5.75 Å². The van der Waals surface area contributed by atoms with Crippen LogP contribution in [-0.2, 0) is 13.2 Å². The SMILES string of the molecule is CN(Cc1ccc(OCc2nn[nH]n2)cc1)c1cccc(C(N)=O)c1. The van der Waals surface area contributed by atoms with E-state index in [0.717, 1.165) is 17.0 Å². The van der Waals surface area contributed by atoms with Gasteiger partial charge in [-0.15, -0.1) is 10.2 Å². The first kappa shape index (κ1) is 16.4. The molecule has 0 aliphatic heterocycles. The number of carbonyl (C=O) groups excluding carboxylic acids is 1. The first-order valence-corrected chi connectivity index (χ1v) is 7.67. The fourth-order valence-electron chi connectivity index (χ4n) is 2.34. The summed E-state index contributed by atoms with van der Waals surface area (Å²) in [6.07, 6.45) is 0. The van der Waals surface area contributed by atoms with Gasteiger partial charge in [0.2, 0.25) is 11.7 Å². The van der Waals surface area contributed by atoms with E-state index in [0.29, 0.717) is 17.9 Å². The van der Waals surface area contributed by atoms with Gasteiger partial charge < -0.3 is 15.4 Å². The molecule has 25 heavy (non-hydrogen) atoms. The molecule has 8 nitrogen and oxygen atoms in total. The Morgan fingerprint density at radius 2 is 2.04 bits per heavy atom. The van der Waals surface area contributed by atoms with E-state index < -0.39 is 5.91 Å². The van der Waals surface area contributed by atoms with E-state index in [9.17, 15) is 4.79 Å². The number of nitrogens with two attached hydrogens (primary N) is 1. The number of rotatable bonds is 7. The number of nitrogens with zero attached hydrogens (tertiary/aromatic N) is 4. The Bertz CT molecular complexity index is 833. The second-order valence-corrected chi connectivity index (χ2v) is 5.53. The largest absolute Gasteiger partial charge is 0.485 e. The number of H-pyrrole nitrogens is 1. The van der Waals surface area contributed by atoms with Crippen molar-refractivity contribution in [2.45, 2.75) is 13.2 Å². The third-order valence-electron chi connectivity index (χ3n) is 3.67. The molecule has 0 bridgehead atoms. The highest BCUT2D eigenvalue weighted by atomic mass is 16.5. The number of anilines is 1. The lowest BCUT2D eigenvalue weighted by Crippen LogP contribution is -2.18. The lowest BCUT2D eigenvalue weighted by molar-refractivity contribution is 0.100. The van der Waals surface area contributed by atoms with Crippen LogP contribution in [0.2, 0.25) is 0 Å². The maximum atomic E-state index is 11.3. The molecule has 1 heterocycles. The molecule has 3 aromatic rings. The highest BCUT2D eigenvalue weighted by molar-refractivity contribution is 5.93. The topological polar surface area (TPSA) is 110 Å². The zero-order valence-corrected chi connectivity index (χ0v) is 13.7. The monoisotopic (exact) mass is 338 g/mol. The van der Waals surface area contributed by atoms with E-state index in [2.05, 4.69) is 20.6 Å². The molecule has 0 aliphatic carbocycles. The fourth-order valence-corrected chi connectivity index (χ4v) is 2.34. The van der Waals surface area contributed by atoms with Crippen LogP contribution < -0.4 is 15.4 Å². The first-order chi connectivity index (χ1) is 12.1. The standard InChI is InChI=1S/C17H18N6O2/c1-23(14-4-2-3-13(9-14)17(18)24)10-12-5-7-15(8-6-12)25-11-16-19-21-22-20-16/h2-9H,10-11H2,1H3,(H2,18,24)(H,19,20,21,22). The smallest absolute Gasteiger partial charge is 0.248 e. The molecule has 0 radical (unpaired) electrons. The van der Waals surface area contributed by atoms with Gasteiger partial charge in [-0.05, 0) is 35.9 Å². The summed E-state index contributed by atoms with van der Waals surface area (Å²) in [4.78, 5) is 13.3. The molecule has 2 aromatic carbocycles. The van der Waals surface area contributed by atoms with Crippen LogP contribution >= 0.6 is 0 Å². The summed E-state index contributed by atoms with van der Waals surface area (Å²) < 4.78 is 5.59. The number of tetrazole rings is 1. The molecule has 3 rings (SSSR count). The van der Waals surface area contributed by atoms with Gasteiger partial charge in [-0.2, -0.15) is 5.21 Å². The molecule has 0 saturated heterocycles. The van der Waals surface area contributed by atoms with Crippen molar-refractivity contribution in [1.82, 2.24) is 20.6 Å². The van der Waals surface area contributed by atoms with Crippen LogP contribution in [0.15, 0.2) is 48.5 Å². The second kappa shape index (κ2) is 7.43. The second-order valence-electron chi connectivity index (χ2n) is 5.53. The van der Waals surface area contributed by atoms with Crippen molar-refractivity contribution >= 4 is 11.6 Å². The Labute approximate surface area is 144 Å². The van der Waals surface area contributed by atoms with Crippen LogP contribution in [0, 0.1) is 0 Å². The number of aromatic amines is 1. The van der Waals surface area contributed by atoms with Crippen molar-refractivity contribution in [2.24, 2.45) is 5.73 Å². The third kappa shape index (κ3) is 4.31. The quantitative estimate of drug-likeness (QED) is 0.676. The van der Waals surface area contributed by atoms with E-state index in [1.807, 2.05) is 48.3 Å². The molecule has 1 aromatic heterocycles. The van der Waals surface area contributed by atoms with Crippen molar-refractivity contribution < 1.29 is 9.53 Å². The molecule has 0 spiro atoms. The lowest BCUT2D eigenvalue weighted by Gasteiger charge is -2.20. The highest BCUT2D eigenvalue weighted by Crippen LogP contribution is 2.19. The Hall–Kier alpha value is -3.42. The van der Waals surface area contributed by atoms with Gasteiger partial charge in [-0.25, -0.2) is 0 Å². The van der Waals surface area contributed by atoms with Crippen molar-refractivity contribution in [3.63, 3.8) is 0 Å².